The first-order chi connectivity index (χ1) is 6.77. The van der Waals surface area contributed by atoms with E-state index in [2.05, 4.69) is 12.1 Å². The van der Waals surface area contributed by atoms with Gasteiger partial charge in [-0.25, -0.2) is 0 Å². The van der Waals surface area contributed by atoms with Crippen molar-refractivity contribution in [3.63, 3.8) is 0 Å². The molecule has 0 saturated heterocycles. The summed E-state index contributed by atoms with van der Waals surface area (Å²) in [7, 11) is 0. The van der Waals surface area contributed by atoms with Crippen LogP contribution in [0.25, 0.3) is 5.57 Å². The van der Waals surface area contributed by atoms with Crippen LogP contribution < -0.4 is 0 Å². The van der Waals surface area contributed by atoms with Crippen molar-refractivity contribution in [3.8, 4) is 0 Å². The van der Waals surface area contributed by atoms with E-state index in [0.29, 0.717) is 0 Å². The van der Waals surface area contributed by atoms with Crippen molar-refractivity contribution in [1.29, 1.82) is 0 Å². The molecule has 14 heavy (non-hydrogen) atoms. The Hall–Kier alpha value is -0.460. The van der Waals surface area contributed by atoms with Gasteiger partial charge in [0.25, 0.3) is 0 Å². The fourth-order valence-corrected chi connectivity index (χ4v) is 2.38. The Balaban J connectivity index is 2.35. The molecule has 0 aliphatic heterocycles. The smallest absolute Gasteiger partial charge is 0.0522 e. The molecule has 0 bridgehead atoms. The van der Waals surface area contributed by atoms with E-state index in [-0.39, 0.29) is 5.38 Å². The molecule has 0 nitrogen and oxygen atoms in total. The maximum Gasteiger partial charge on any atom is 0.0522 e. The van der Waals surface area contributed by atoms with Gasteiger partial charge in [-0.3, -0.25) is 0 Å². The predicted octanol–water partition coefficient (Wildman–Crippen LogP) is 4.51. The zero-order valence-corrected chi connectivity index (χ0v) is 9.35. The van der Waals surface area contributed by atoms with Crippen molar-refractivity contribution in [1.82, 2.24) is 0 Å². The van der Waals surface area contributed by atoms with Crippen molar-refractivity contribution in [2.45, 2.75) is 24.6 Å². The van der Waals surface area contributed by atoms with Gasteiger partial charge in [-0.05, 0) is 36.5 Å². The van der Waals surface area contributed by atoms with E-state index >= 15 is 0 Å². The number of halogens is 2. The lowest BCUT2D eigenvalue weighted by Gasteiger charge is -2.17. The molecule has 1 aliphatic carbocycles. The van der Waals surface area contributed by atoms with Crippen molar-refractivity contribution < 1.29 is 0 Å². The first-order valence-electron chi connectivity index (χ1n) is 4.87. The molecule has 0 spiro atoms. The predicted molar refractivity (Wildman–Crippen MR) is 62.9 cm³/mol. The van der Waals surface area contributed by atoms with Crippen LogP contribution in [0.15, 0.2) is 30.3 Å². The monoisotopic (exact) mass is 226 g/mol. The normalized spacial score (nSPS) is 21.9. The lowest BCUT2D eigenvalue weighted by molar-refractivity contribution is 0.747. The van der Waals surface area contributed by atoms with Gasteiger partial charge >= 0.3 is 0 Å². The minimum absolute atomic E-state index is 0.176. The molecule has 0 N–H and O–H groups in total. The topological polar surface area (TPSA) is 0 Å². The van der Waals surface area contributed by atoms with Gasteiger partial charge < -0.3 is 0 Å². The molecule has 0 aromatic heterocycles. The molecule has 1 unspecified atom stereocenters. The highest BCUT2D eigenvalue weighted by Crippen LogP contribution is 2.32. The Bertz CT molecular complexity index is 355. The number of benzene rings is 1. The van der Waals surface area contributed by atoms with Gasteiger partial charge in [0.2, 0.25) is 0 Å². The summed E-state index contributed by atoms with van der Waals surface area (Å²) in [6, 6.07) is 7.95. The maximum absolute atomic E-state index is 6.12. The summed E-state index contributed by atoms with van der Waals surface area (Å²) >= 11 is 12.2. The Morgan fingerprint density at radius 2 is 2.00 bits per heavy atom. The van der Waals surface area contributed by atoms with E-state index in [4.69, 9.17) is 23.2 Å². The first-order valence-corrected chi connectivity index (χ1v) is 5.68. The van der Waals surface area contributed by atoms with Crippen molar-refractivity contribution in [2.24, 2.45) is 0 Å². The molecule has 2 rings (SSSR count). The van der Waals surface area contributed by atoms with Crippen LogP contribution in [0.2, 0.25) is 5.02 Å². The summed E-state index contributed by atoms with van der Waals surface area (Å²) in [4.78, 5) is 0. The molecule has 0 amide bonds. The Morgan fingerprint density at radius 1 is 1.21 bits per heavy atom. The molecule has 0 radical (unpaired) electrons. The summed E-state index contributed by atoms with van der Waals surface area (Å²) in [6.45, 7) is 0. The Labute approximate surface area is 94.5 Å². The van der Waals surface area contributed by atoms with Crippen molar-refractivity contribution in [2.75, 3.05) is 0 Å². The second-order valence-electron chi connectivity index (χ2n) is 3.58. The molecule has 0 fully saturated rings. The van der Waals surface area contributed by atoms with E-state index in [1.54, 1.807) is 0 Å². The van der Waals surface area contributed by atoms with Crippen molar-refractivity contribution >= 4 is 28.8 Å². The SMILES string of the molecule is Clc1ccccc1C1=CC(Cl)CCC1. The van der Waals surface area contributed by atoms with Gasteiger partial charge in [-0.2, -0.15) is 0 Å². The second-order valence-corrected chi connectivity index (χ2v) is 4.55. The van der Waals surface area contributed by atoms with Crippen LogP contribution in [0.4, 0.5) is 0 Å². The standard InChI is InChI=1S/C12H12Cl2/c13-10-5-3-4-9(8-10)11-6-1-2-7-12(11)14/h1-2,6-8,10H,3-5H2. The fourth-order valence-electron chi connectivity index (χ4n) is 1.82. The molecule has 1 aliphatic rings. The highest BCUT2D eigenvalue weighted by molar-refractivity contribution is 6.32. The third-order valence-corrected chi connectivity index (χ3v) is 3.20. The third kappa shape index (κ3) is 2.13. The van der Waals surface area contributed by atoms with E-state index < -0.39 is 0 Å². The largest absolute Gasteiger partial charge is 0.118 e. The minimum Gasteiger partial charge on any atom is -0.118 e. The third-order valence-electron chi connectivity index (χ3n) is 2.53. The summed E-state index contributed by atoms with van der Waals surface area (Å²) in [5, 5.41) is 1.000. The highest BCUT2D eigenvalue weighted by Gasteiger charge is 2.13. The van der Waals surface area contributed by atoms with Crippen LogP contribution in [-0.2, 0) is 0 Å². The van der Waals surface area contributed by atoms with E-state index in [1.165, 1.54) is 5.57 Å². The van der Waals surface area contributed by atoms with Crippen molar-refractivity contribution in [3.05, 3.63) is 40.9 Å². The van der Waals surface area contributed by atoms with Crippen LogP contribution in [0, 0.1) is 0 Å². The van der Waals surface area contributed by atoms with E-state index in [9.17, 15) is 0 Å². The van der Waals surface area contributed by atoms with Gasteiger partial charge in [-0.15, -0.1) is 11.6 Å². The van der Waals surface area contributed by atoms with Gasteiger partial charge in [0, 0.05) is 5.02 Å². The van der Waals surface area contributed by atoms with Crippen LogP contribution in [0.1, 0.15) is 24.8 Å². The second kappa shape index (κ2) is 4.37. The zero-order chi connectivity index (χ0) is 9.97. The van der Waals surface area contributed by atoms with E-state index in [1.807, 2.05) is 18.2 Å². The average molecular weight is 227 g/mol. The van der Waals surface area contributed by atoms with Crippen LogP contribution in [-0.4, -0.2) is 5.38 Å². The molecular formula is C12H12Cl2. The quantitative estimate of drug-likeness (QED) is 0.619. The van der Waals surface area contributed by atoms with Gasteiger partial charge in [-0.1, -0.05) is 35.9 Å². The Morgan fingerprint density at radius 3 is 2.71 bits per heavy atom. The molecule has 2 heteroatoms. The summed E-state index contributed by atoms with van der Waals surface area (Å²) in [6.07, 6.45) is 5.46. The van der Waals surface area contributed by atoms with Gasteiger partial charge in [0.1, 0.15) is 0 Å². The average Bonchev–Trinajstić information content (AvgIpc) is 2.18. The summed E-state index contributed by atoms with van der Waals surface area (Å²) in [5.74, 6) is 0. The fraction of sp³-hybridized carbons (Fsp3) is 0.333. The van der Waals surface area contributed by atoms with Crippen LogP contribution in [0.5, 0.6) is 0 Å². The molecular weight excluding hydrogens is 215 g/mol. The lowest BCUT2D eigenvalue weighted by Crippen LogP contribution is -2.02. The van der Waals surface area contributed by atoms with Crippen LogP contribution >= 0.6 is 23.2 Å². The molecule has 0 saturated carbocycles. The zero-order valence-electron chi connectivity index (χ0n) is 7.84. The number of rotatable bonds is 1. The molecule has 1 aromatic carbocycles. The number of hydrogen-bond donors (Lipinski definition) is 0. The number of allylic oxidation sites excluding steroid dienone is 2. The maximum atomic E-state index is 6.12. The van der Waals surface area contributed by atoms with Gasteiger partial charge in [0.05, 0.1) is 5.38 Å². The highest BCUT2D eigenvalue weighted by atomic mass is 35.5. The first kappa shape index (κ1) is 10.1. The molecule has 1 aromatic rings. The Kier molecular flexibility index (Phi) is 3.15. The molecule has 1 atom stereocenters. The van der Waals surface area contributed by atoms with Gasteiger partial charge in [0.15, 0.2) is 0 Å². The summed E-state index contributed by atoms with van der Waals surface area (Å²) in [5.41, 5.74) is 2.43. The van der Waals surface area contributed by atoms with Crippen LogP contribution in [0.3, 0.4) is 0 Å². The minimum atomic E-state index is 0.176. The van der Waals surface area contributed by atoms with E-state index in [0.717, 1.165) is 29.8 Å². The molecule has 74 valence electrons. The summed E-state index contributed by atoms with van der Waals surface area (Å²) < 4.78 is 0. The number of hydrogen-bond acceptors (Lipinski definition) is 0. The number of alkyl halides is 1. The molecule has 0 heterocycles. The lowest BCUT2D eigenvalue weighted by atomic mass is 9.93.